The average molecular weight is 423 g/mol. The monoisotopic (exact) mass is 422 g/mol. The maximum absolute atomic E-state index is 14.5. The van der Waals surface area contributed by atoms with Crippen LogP contribution in [0.5, 0.6) is 5.75 Å². The molecule has 4 rings (SSSR count). The fourth-order valence-corrected chi connectivity index (χ4v) is 6.10. The van der Waals surface area contributed by atoms with Crippen LogP contribution in [-0.2, 0) is 0 Å². The second-order valence-corrected chi connectivity index (χ2v) is 9.97. The van der Waals surface area contributed by atoms with Crippen molar-refractivity contribution in [1.29, 1.82) is 0 Å². The van der Waals surface area contributed by atoms with Gasteiger partial charge in [-0.2, -0.15) is 0 Å². The van der Waals surface area contributed by atoms with Gasteiger partial charge in [0.05, 0.1) is 0 Å². The topological polar surface area (TPSA) is 9.23 Å². The molecular weight excluding hydrogens is 383 g/mol. The van der Waals surface area contributed by atoms with E-state index in [1.165, 1.54) is 69.8 Å². The smallest absolute Gasteiger partial charge is 0.165 e. The van der Waals surface area contributed by atoms with Gasteiger partial charge in [0.2, 0.25) is 0 Å². The first-order chi connectivity index (χ1) is 15.2. The van der Waals surface area contributed by atoms with Crippen molar-refractivity contribution < 1.29 is 9.13 Å². The third-order valence-corrected chi connectivity index (χ3v) is 7.89. The highest BCUT2D eigenvalue weighted by Gasteiger charge is 2.35. The molecule has 0 saturated heterocycles. The van der Waals surface area contributed by atoms with Crippen molar-refractivity contribution in [2.75, 3.05) is 6.61 Å². The molecule has 2 aromatic rings. The number of fused-ring (bicyclic) bond motifs is 2. The quantitative estimate of drug-likeness (QED) is 0.305. The molecule has 0 bridgehead atoms. The van der Waals surface area contributed by atoms with Gasteiger partial charge >= 0.3 is 0 Å². The molecule has 0 heterocycles. The summed E-state index contributed by atoms with van der Waals surface area (Å²) in [7, 11) is 0. The summed E-state index contributed by atoms with van der Waals surface area (Å²) in [4.78, 5) is 0. The number of benzene rings is 2. The molecule has 0 spiro atoms. The van der Waals surface area contributed by atoms with E-state index >= 15 is 0 Å². The largest absolute Gasteiger partial charge is 0.486 e. The molecule has 0 N–H and O–H groups in total. The predicted octanol–water partition coefficient (Wildman–Crippen LogP) is 8.81. The Bertz CT molecular complexity index is 886. The molecule has 2 fully saturated rings. The molecule has 168 valence electrons. The molecule has 2 aromatic carbocycles. The standard InChI is InChI=1S/C29H39FO/c1-3-5-7-8-21-9-10-23-17-24(12-11-22(23)16-21)25-13-14-26-20-29(31-15-6-4-2)28(30)19-27(26)18-25/h4,6,13-14,18-24H,3,5,7-12,15-17H2,1-2H3/b6-4+/t21?,22-,23?,24-/m1/s1. The van der Waals surface area contributed by atoms with E-state index in [-0.39, 0.29) is 5.82 Å². The highest BCUT2D eigenvalue weighted by molar-refractivity contribution is 5.85. The van der Waals surface area contributed by atoms with Gasteiger partial charge in [0.25, 0.3) is 0 Å². The molecule has 0 aliphatic heterocycles. The van der Waals surface area contributed by atoms with Crippen molar-refractivity contribution in [2.24, 2.45) is 17.8 Å². The van der Waals surface area contributed by atoms with Crippen LogP contribution in [0.3, 0.4) is 0 Å². The van der Waals surface area contributed by atoms with Gasteiger partial charge in [-0.05, 0) is 91.2 Å². The molecule has 0 radical (unpaired) electrons. The van der Waals surface area contributed by atoms with E-state index < -0.39 is 0 Å². The number of ether oxygens (including phenoxy) is 1. The number of hydrogen-bond acceptors (Lipinski definition) is 1. The van der Waals surface area contributed by atoms with Crippen LogP contribution >= 0.6 is 0 Å². The molecule has 31 heavy (non-hydrogen) atoms. The Hall–Kier alpha value is -1.83. The van der Waals surface area contributed by atoms with E-state index in [4.69, 9.17) is 4.74 Å². The van der Waals surface area contributed by atoms with E-state index in [0.717, 1.165) is 28.5 Å². The fraction of sp³-hybridized carbons (Fsp3) is 0.586. The Morgan fingerprint density at radius 2 is 1.81 bits per heavy atom. The molecule has 0 amide bonds. The van der Waals surface area contributed by atoms with Gasteiger partial charge < -0.3 is 4.74 Å². The highest BCUT2D eigenvalue weighted by atomic mass is 19.1. The normalized spacial score (nSPS) is 26.3. The second kappa shape index (κ2) is 10.7. The Balaban J connectivity index is 1.40. The number of unbranched alkanes of at least 4 members (excludes halogenated alkanes) is 2. The number of halogens is 1. The van der Waals surface area contributed by atoms with E-state index in [1.807, 2.05) is 25.1 Å². The Labute approximate surface area is 188 Å². The Kier molecular flexibility index (Phi) is 7.69. The number of hydrogen-bond donors (Lipinski definition) is 0. The zero-order valence-electron chi connectivity index (χ0n) is 19.4. The van der Waals surface area contributed by atoms with Crippen LogP contribution in [0.25, 0.3) is 10.8 Å². The zero-order valence-corrected chi connectivity index (χ0v) is 19.4. The summed E-state index contributed by atoms with van der Waals surface area (Å²) >= 11 is 0. The molecule has 2 heteroatoms. The third kappa shape index (κ3) is 5.51. The van der Waals surface area contributed by atoms with Crippen LogP contribution in [0.1, 0.15) is 89.5 Å². The lowest BCUT2D eigenvalue weighted by atomic mass is 9.63. The lowest BCUT2D eigenvalue weighted by molar-refractivity contribution is 0.113. The summed E-state index contributed by atoms with van der Waals surface area (Å²) in [5.74, 6) is 3.55. The Morgan fingerprint density at radius 3 is 2.65 bits per heavy atom. The molecule has 2 unspecified atom stereocenters. The van der Waals surface area contributed by atoms with Gasteiger partial charge in [-0.3, -0.25) is 0 Å². The van der Waals surface area contributed by atoms with Crippen molar-refractivity contribution in [3.8, 4) is 5.75 Å². The summed E-state index contributed by atoms with van der Waals surface area (Å²) in [6.07, 6.45) is 17.8. The summed E-state index contributed by atoms with van der Waals surface area (Å²) in [5.41, 5.74) is 1.40. The van der Waals surface area contributed by atoms with Gasteiger partial charge in [0.1, 0.15) is 6.61 Å². The summed E-state index contributed by atoms with van der Waals surface area (Å²) in [5, 5.41) is 2.05. The van der Waals surface area contributed by atoms with Gasteiger partial charge in [-0.15, -0.1) is 0 Å². The summed E-state index contributed by atoms with van der Waals surface area (Å²) < 4.78 is 20.1. The van der Waals surface area contributed by atoms with Crippen molar-refractivity contribution in [3.05, 3.63) is 53.9 Å². The summed E-state index contributed by atoms with van der Waals surface area (Å²) in [6.45, 7) is 4.65. The number of allylic oxidation sites excluding steroid dienone is 1. The van der Waals surface area contributed by atoms with Crippen molar-refractivity contribution in [3.63, 3.8) is 0 Å². The molecule has 2 aliphatic carbocycles. The summed E-state index contributed by atoms with van der Waals surface area (Å²) in [6, 6.07) is 10.2. The van der Waals surface area contributed by atoms with Gasteiger partial charge in [-0.1, -0.05) is 69.4 Å². The first-order valence-electron chi connectivity index (χ1n) is 12.6. The fourth-order valence-electron chi connectivity index (χ4n) is 6.10. The van der Waals surface area contributed by atoms with Gasteiger partial charge in [-0.25, -0.2) is 4.39 Å². The minimum absolute atomic E-state index is 0.265. The molecule has 4 atom stereocenters. The first-order valence-corrected chi connectivity index (χ1v) is 12.6. The van der Waals surface area contributed by atoms with E-state index in [9.17, 15) is 4.39 Å². The van der Waals surface area contributed by atoms with Crippen molar-refractivity contribution in [1.82, 2.24) is 0 Å². The maximum atomic E-state index is 14.5. The predicted molar refractivity (Wildman–Crippen MR) is 129 cm³/mol. The maximum Gasteiger partial charge on any atom is 0.165 e. The molecule has 1 nitrogen and oxygen atoms in total. The minimum atomic E-state index is -0.265. The second-order valence-electron chi connectivity index (χ2n) is 9.97. The van der Waals surface area contributed by atoms with Gasteiger partial charge in [0.15, 0.2) is 11.6 Å². The van der Waals surface area contributed by atoms with Crippen LogP contribution in [0.2, 0.25) is 0 Å². The van der Waals surface area contributed by atoms with E-state index in [0.29, 0.717) is 18.3 Å². The van der Waals surface area contributed by atoms with Crippen LogP contribution in [0.4, 0.5) is 4.39 Å². The molecule has 2 saturated carbocycles. The first kappa shape index (κ1) is 22.4. The minimum Gasteiger partial charge on any atom is -0.486 e. The van der Waals surface area contributed by atoms with Crippen LogP contribution < -0.4 is 4.74 Å². The van der Waals surface area contributed by atoms with Gasteiger partial charge in [0, 0.05) is 0 Å². The zero-order chi connectivity index (χ0) is 21.6. The lowest BCUT2D eigenvalue weighted by Crippen LogP contribution is -2.30. The van der Waals surface area contributed by atoms with Crippen LogP contribution in [-0.4, -0.2) is 6.61 Å². The average Bonchev–Trinajstić information content (AvgIpc) is 2.79. The molecular formula is C29H39FO. The van der Waals surface area contributed by atoms with E-state index in [1.54, 1.807) is 6.07 Å². The third-order valence-electron chi connectivity index (χ3n) is 7.89. The van der Waals surface area contributed by atoms with Crippen molar-refractivity contribution >= 4 is 10.8 Å². The molecule has 0 aromatic heterocycles. The van der Waals surface area contributed by atoms with Crippen LogP contribution in [0, 0.1) is 23.6 Å². The lowest BCUT2D eigenvalue weighted by Gasteiger charge is -2.42. The van der Waals surface area contributed by atoms with Crippen molar-refractivity contribution in [2.45, 2.75) is 84.0 Å². The number of rotatable bonds is 8. The SMILES string of the molecule is C/C=C/COc1cc2ccc([C@@H]3CC[C@@H]4CC(CCCCC)CCC4C3)cc2cc1F. The molecule has 2 aliphatic rings. The highest BCUT2D eigenvalue weighted by Crippen LogP contribution is 2.48. The van der Waals surface area contributed by atoms with E-state index in [2.05, 4.69) is 25.1 Å². The Morgan fingerprint density at radius 1 is 0.968 bits per heavy atom. The van der Waals surface area contributed by atoms with Crippen LogP contribution in [0.15, 0.2) is 42.5 Å².